The molecule has 0 unspecified atom stereocenters. The van der Waals surface area contributed by atoms with Crippen molar-refractivity contribution < 1.29 is 15.0 Å². The molecule has 28 heavy (non-hydrogen) atoms. The summed E-state index contributed by atoms with van der Waals surface area (Å²) in [6.07, 6.45) is 0.842. The number of aromatic nitrogens is 1. The molecule has 0 aliphatic carbocycles. The van der Waals surface area contributed by atoms with Crippen LogP contribution in [0.5, 0.6) is 5.75 Å². The molecule has 0 radical (unpaired) electrons. The molecule has 146 valence electrons. The van der Waals surface area contributed by atoms with Gasteiger partial charge in [-0.1, -0.05) is 23.7 Å². The number of carbonyl (C=O) groups is 1. The highest BCUT2D eigenvalue weighted by Gasteiger charge is 2.17. The van der Waals surface area contributed by atoms with E-state index in [0.717, 1.165) is 5.56 Å². The molecule has 2 aromatic carbocycles. The number of carbonyl (C=O) groups excluding carboxylic acids is 1. The first kappa shape index (κ1) is 19.9. The number of amides is 1. The summed E-state index contributed by atoms with van der Waals surface area (Å²) < 4.78 is 1.44. The van der Waals surface area contributed by atoms with Crippen molar-refractivity contribution in [1.29, 1.82) is 0 Å². The number of fused-ring (bicyclic) bond motifs is 1. The number of rotatable bonds is 6. The normalized spacial score (nSPS) is 11.0. The molecule has 1 heterocycles. The minimum Gasteiger partial charge on any atom is -0.506 e. The summed E-state index contributed by atoms with van der Waals surface area (Å²) in [6.45, 7) is 0.267. The van der Waals surface area contributed by atoms with Gasteiger partial charge in [-0.05, 0) is 48.7 Å². The van der Waals surface area contributed by atoms with Gasteiger partial charge in [-0.2, -0.15) is 0 Å². The van der Waals surface area contributed by atoms with Crippen molar-refractivity contribution >= 4 is 28.4 Å². The zero-order valence-electron chi connectivity index (χ0n) is 15.4. The lowest BCUT2D eigenvalue weighted by molar-refractivity contribution is 0.0948. The smallest absolute Gasteiger partial charge is 0.255 e. The van der Waals surface area contributed by atoms with E-state index in [1.54, 1.807) is 31.3 Å². The van der Waals surface area contributed by atoms with Gasteiger partial charge in [0.15, 0.2) is 0 Å². The number of nitrogens with zero attached hydrogens (tertiary/aromatic N) is 1. The van der Waals surface area contributed by atoms with Crippen molar-refractivity contribution in [3.8, 4) is 5.75 Å². The number of aliphatic hydroxyl groups excluding tert-OH is 1. The molecular formula is C21H21ClN2O4. The zero-order valence-corrected chi connectivity index (χ0v) is 16.2. The second-order valence-electron chi connectivity index (χ2n) is 6.56. The number of phenols is 1. The second-order valence-corrected chi connectivity index (χ2v) is 7.00. The van der Waals surface area contributed by atoms with E-state index in [9.17, 15) is 14.7 Å². The number of hydrogen-bond donors (Lipinski definition) is 3. The van der Waals surface area contributed by atoms with Crippen LogP contribution < -0.4 is 10.9 Å². The SMILES string of the molecule is Cn1c(=O)c(CCCO)cc2c(O)c(C(=O)NCc3ccc(Cl)cc3)ccc21. The lowest BCUT2D eigenvalue weighted by atomic mass is 10.0. The molecule has 3 rings (SSSR count). The maximum absolute atomic E-state index is 12.6. The van der Waals surface area contributed by atoms with E-state index in [0.29, 0.717) is 40.9 Å². The van der Waals surface area contributed by atoms with Gasteiger partial charge in [0.2, 0.25) is 0 Å². The molecule has 0 saturated heterocycles. The van der Waals surface area contributed by atoms with Gasteiger partial charge < -0.3 is 20.1 Å². The van der Waals surface area contributed by atoms with E-state index in [-0.39, 0.29) is 23.5 Å². The lowest BCUT2D eigenvalue weighted by Gasteiger charge is -2.13. The Morgan fingerprint density at radius 3 is 2.57 bits per heavy atom. The molecule has 0 saturated carbocycles. The second kappa shape index (κ2) is 8.46. The van der Waals surface area contributed by atoms with E-state index in [1.807, 2.05) is 12.1 Å². The summed E-state index contributed by atoms with van der Waals surface area (Å²) in [5.74, 6) is -0.591. The van der Waals surface area contributed by atoms with Crippen LogP contribution >= 0.6 is 11.6 Å². The molecule has 3 N–H and O–H groups in total. The fraction of sp³-hybridized carbons (Fsp3) is 0.238. The molecule has 1 amide bonds. The minimum atomic E-state index is -0.417. The first-order chi connectivity index (χ1) is 13.4. The highest BCUT2D eigenvalue weighted by Crippen LogP contribution is 2.28. The Bertz CT molecular complexity index is 1070. The van der Waals surface area contributed by atoms with Gasteiger partial charge in [0, 0.05) is 36.2 Å². The minimum absolute atomic E-state index is 0.0275. The lowest BCUT2D eigenvalue weighted by Crippen LogP contribution is -2.24. The Balaban J connectivity index is 1.91. The largest absolute Gasteiger partial charge is 0.506 e. The molecule has 3 aromatic rings. The number of hydrogen-bond acceptors (Lipinski definition) is 4. The Morgan fingerprint density at radius 1 is 1.18 bits per heavy atom. The molecule has 0 spiro atoms. The topological polar surface area (TPSA) is 91.6 Å². The summed E-state index contributed by atoms with van der Waals surface area (Å²) in [4.78, 5) is 25.0. The molecule has 0 aliphatic heterocycles. The van der Waals surface area contributed by atoms with Crippen molar-refractivity contribution in [2.75, 3.05) is 6.61 Å². The number of benzene rings is 2. The maximum Gasteiger partial charge on any atom is 0.255 e. The van der Waals surface area contributed by atoms with E-state index in [2.05, 4.69) is 5.32 Å². The first-order valence-electron chi connectivity index (χ1n) is 8.90. The predicted molar refractivity (Wildman–Crippen MR) is 109 cm³/mol. The highest BCUT2D eigenvalue weighted by atomic mass is 35.5. The highest BCUT2D eigenvalue weighted by molar-refractivity contribution is 6.30. The number of aromatic hydroxyl groups is 1. The molecule has 0 atom stereocenters. The van der Waals surface area contributed by atoms with Crippen LogP contribution in [0.4, 0.5) is 0 Å². The average molecular weight is 401 g/mol. The summed E-state index contributed by atoms with van der Waals surface area (Å²) in [5, 5.41) is 23.5. The van der Waals surface area contributed by atoms with Crippen molar-refractivity contribution in [3.05, 3.63) is 74.5 Å². The first-order valence-corrected chi connectivity index (χ1v) is 9.28. The van der Waals surface area contributed by atoms with Gasteiger partial charge in [-0.15, -0.1) is 0 Å². The number of pyridine rings is 1. The maximum atomic E-state index is 12.6. The van der Waals surface area contributed by atoms with Crippen LogP contribution in [0, 0.1) is 0 Å². The van der Waals surface area contributed by atoms with Crippen molar-refractivity contribution in [2.24, 2.45) is 7.05 Å². The summed E-state index contributed by atoms with van der Waals surface area (Å²) in [7, 11) is 1.62. The standard InChI is InChI=1S/C21H21ClN2O4/c1-24-18-9-8-16(20(27)23-12-13-4-6-15(22)7-5-13)19(26)17(18)11-14(21(24)28)3-2-10-25/h4-9,11,25-26H,2-3,10,12H2,1H3,(H,23,27). The van der Waals surface area contributed by atoms with Gasteiger partial charge in [0.05, 0.1) is 11.1 Å². The summed E-state index contributed by atoms with van der Waals surface area (Å²) in [6, 6.07) is 11.8. The molecule has 0 bridgehead atoms. The van der Waals surface area contributed by atoms with Gasteiger partial charge >= 0.3 is 0 Å². The van der Waals surface area contributed by atoms with Crippen LogP contribution in [-0.2, 0) is 20.0 Å². The number of phenolic OH excluding ortho intramolecular Hbond substituents is 1. The Morgan fingerprint density at radius 2 is 1.89 bits per heavy atom. The van der Waals surface area contributed by atoms with Gasteiger partial charge in [0.1, 0.15) is 5.75 Å². The van der Waals surface area contributed by atoms with E-state index in [4.69, 9.17) is 16.7 Å². The van der Waals surface area contributed by atoms with Crippen LogP contribution in [-0.4, -0.2) is 27.3 Å². The van der Waals surface area contributed by atoms with Crippen LogP contribution in [0.1, 0.15) is 27.9 Å². The third-order valence-corrected chi connectivity index (χ3v) is 4.92. The van der Waals surface area contributed by atoms with Gasteiger partial charge in [-0.25, -0.2) is 0 Å². The Hall–Kier alpha value is -2.83. The van der Waals surface area contributed by atoms with E-state index >= 15 is 0 Å². The number of aryl methyl sites for hydroxylation is 2. The summed E-state index contributed by atoms with van der Waals surface area (Å²) >= 11 is 5.86. The molecule has 0 aliphatic rings. The van der Waals surface area contributed by atoms with E-state index < -0.39 is 5.91 Å². The van der Waals surface area contributed by atoms with Crippen LogP contribution in [0.3, 0.4) is 0 Å². The summed E-state index contributed by atoms with van der Waals surface area (Å²) in [5.41, 5.74) is 1.85. The van der Waals surface area contributed by atoms with Crippen LogP contribution in [0.25, 0.3) is 10.9 Å². The van der Waals surface area contributed by atoms with Crippen molar-refractivity contribution in [1.82, 2.24) is 9.88 Å². The van der Waals surface area contributed by atoms with Crippen molar-refractivity contribution in [2.45, 2.75) is 19.4 Å². The monoisotopic (exact) mass is 400 g/mol. The van der Waals surface area contributed by atoms with Crippen LogP contribution in [0.15, 0.2) is 47.3 Å². The van der Waals surface area contributed by atoms with Gasteiger partial charge in [0.25, 0.3) is 11.5 Å². The zero-order chi connectivity index (χ0) is 20.3. The van der Waals surface area contributed by atoms with E-state index in [1.165, 1.54) is 10.6 Å². The Labute approximate surface area is 167 Å². The third kappa shape index (κ3) is 4.03. The quantitative estimate of drug-likeness (QED) is 0.593. The molecule has 7 heteroatoms. The molecule has 1 aromatic heterocycles. The fourth-order valence-corrected chi connectivity index (χ4v) is 3.23. The third-order valence-electron chi connectivity index (χ3n) is 4.67. The average Bonchev–Trinajstić information content (AvgIpc) is 2.69. The molecular weight excluding hydrogens is 380 g/mol. The van der Waals surface area contributed by atoms with Gasteiger partial charge in [-0.3, -0.25) is 9.59 Å². The predicted octanol–water partition coefficient (Wildman–Crippen LogP) is 2.75. The van der Waals surface area contributed by atoms with Crippen LogP contribution in [0.2, 0.25) is 5.02 Å². The fourth-order valence-electron chi connectivity index (χ4n) is 3.10. The number of halogens is 1. The molecule has 6 nitrogen and oxygen atoms in total. The number of aliphatic hydroxyl groups is 1. The molecule has 0 fully saturated rings. The Kier molecular flexibility index (Phi) is 6.02. The van der Waals surface area contributed by atoms with Crippen molar-refractivity contribution in [3.63, 3.8) is 0 Å². The number of nitrogens with one attached hydrogen (secondary N) is 1.